The highest BCUT2D eigenvalue weighted by atomic mass is 16.2. The molecular formula is C11H15N5O. The third-order valence-electron chi connectivity index (χ3n) is 3.02. The smallest absolute Gasteiger partial charge is 0.240 e. The first-order chi connectivity index (χ1) is 8.13. The van der Waals surface area contributed by atoms with Gasteiger partial charge in [0.15, 0.2) is 5.82 Å². The molecule has 0 bridgehead atoms. The summed E-state index contributed by atoms with van der Waals surface area (Å²) in [4.78, 5) is 13.8. The molecule has 0 spiro atoms. The number of aromatic nitrogens is 3. The van der Waals surface area contributed by atoms with E-state index in [2.05, 4.69) is 16.3 Å². The highest BCUT2D eigenvalue weighted by molar-refractivity contribution is 5.81. The van der Waals surface area contributed by atoms with Crippen molar-refractivity contribution in [3.8, 4) is 6.07 Å². The second-order valence-corrected chi connectivity index (χ2v) is 4.55. The van der Waals surface area contributed by atoms with Crippen molar-refractivity contribution in [3.63, 3.8) is 0 Å². The van der Waals surface area contributed by atoms with Crippen molar-refractivity contribution >= 4 is 5.91 Å². The van der Waals surface area contributed by atoms with Crippen molar-refractivity contribution in [2.45, 2.75) is 26.9 Å². The normalized spacial score (nSPS) is 16.5. The molecular weight excluding hydrogens is 218 g/mol. The van der Waals surface area contributed by atoms with Gasteiger partial charge in [-0.15, -0.1) is 10.2 Å². The van der Waals surface area contributed by atoms with Gasteiger partial charge in [0.25, 0.3) is 0 Å². The Morgan fingerprint density at radius 3 is 2.94 bits per heavy atom. The molecule has 1 aliphatic heterocycles. The van der Waals surface area contributed by atoms with E-state index in [0.29, 0.717) is 19.6 Å². The molecule has 0 aliphatic carbocycles. The van der Waals surface area contributed by atoms with Gasteiger partial charge in [0, 0.05) is 13.1 Å². The van der Waals surface area contributed by atoms with Crippen LogP contribution >= 0.6 is 0 Å². The number of fused-ring (bicyclic) bond motifs is 1. The average molecular weight is 233 g/mol. The first-order valence-corrected chi connectivity index (χ1v) is 5.68. The Balaban J connectivity index is 2.11. The molecule has 2 rings (SSSR count). The van der Waals surface area contributed by atoms with Crippen LogP contribution in [0, 0.1) is 23.2 Å². The molecule has 1 aliphatic rings. The van der Waals surface area contributed by atoms with Crippen LogP contribution in [0.1, 0.15) is 19.7 Å². The first kappa shape index (κ1) is 11.6. The standard InChI is InChI=1S/C11H15N5O/c1-8(2)9(5-12)11(17)15-3-4-16-7-13-14-10(16)6-15/h7-9H,3-4,6H2,1-2H3. The van der Waals surface area contributed by atoms with Crippen molar-refractivity contribution in [1.29, 1.82) is 5.26 Å². The molecule has 1 aromatic rings. The molecule has 2 heterocycles. The minimum Gasteiger partial charge on any atom is -0.332 e. The Kier molecular flexibility index (Phi) is 3.09. The van der Waals surface area contributed by atoms with Crippen LogP contribution < -0.4 is 0 Å². The lowest BCUT2D eigenvalue weighted by molar-refractivity contribution is -0.136. The first-order valence-electron chi connectivity index (χ1n) is 5.68. The lowest BCUT2D eigenvalue weighted by Gasteiger charge is -2.29. The average Bonchev–Trinajstić information content (AvgIpc) is 2.75. The van der Waals surface area contributed by atoms with Crippen LogP contribution in [-0.2, 0) is 17.9 Å². The van der Waals surface area contributed by atoms with Crippen LogP contribution in [0.5, 0.6) is 0 Å². The van der Waals surface area contributed by atoms with E-state index in [0.717, 1.165) is 5.82 Å². The zero-order chi connectivity index (χ0) is 12.4. The van der Waals surface area contributed by atoms with Gasteiger partial charge in [0.1, 0.15) is 12.2 Å². The van der Waals surface area contributed by atoms with Gasteiger partial charge in [-0.05, 0) is 5.92 Å². The maximum Gasteiger partial charge on any atom is 0.240 e. The molecule has 17 heavy (non-hydrogen) atoms. The number of hydrogen-bond donors (Lipinski definition) is 0. The predicted octanol–water partition coefficient (Wildman–Crippen LogP) is 0.416. The molecule has 6 heteroatoms. The van der Waals surface area contributed by atoms with Crippen LogP contribution in [0.3, 0.4) is 0 Å². The zero-order valence-electron chi connectivity index (χ0n) is 10.00. The second-order valence-electron chi connectivity index (χ2n) is 4.55. The van der Waals surface area contributed by atoms with Gasteiger partial charge < -0.3 is 9.47 Å². The van der Waals surface area contributed by atoms with Gasteiger partial charge in [0.05, 0.1) is 12.6 Å². The quantitative estimate of drug-likeness (QED) is 0.741. The van der Waals surface area contributed by atoms with Crippen molar-refractivity contribution < 1.29 is 4.79 Å². The third-order valence-corrected chi connectivity index (χ3v) is 3.02. The topological polar surface area (TPSA) is 74.8 Å². The van der Waals surface area contributed by atoms with Crippen molar-refractivity contribution in [2.24, 2.45) is 11.8 Å². The van der Waals surface area contributed by atoms with E-state index < -0.39 is 5.92 Å². The Hall–Kier alpha value is -1.90. The van der Waals surface area contributed by atoms with E-state index in [1.165, 1.54) is 0 Å². The van der Waals surface area contributed by atoms with E-state index in [4.69, 9.17) is 5.26 Å². The molecule has 0 radical (unpaired) electrons. The molecule has 0 N–H and O–H groups in total. The summed E-state index contributed by atoms with van der Waals surface area (Å²) in [5, 5.41) is 16.8. The molecule has 1 atom stereocenters. The van der Waals surface area contributed by atoms with Crippen LogP contribution in [0.4, 0.5) is 0 Å². The molecule has 0 fully saturated rings. The summed E-state index contributed by atoms with van der Waals surface area (Å²) >= 11 is 0. The van der Waals surface area contributed by atoms with Gasteiger partial charge in [-0.3, -0.25) is 4.79 Å². The molecule has 1 unspecified atom stereocenters. The lowest BCUT2D eigenvalue weighted by Crippen LogP contribution is -2.42. The van der Waals surface area contributed by atoms with Crippen molar-refractivity contribution in [1.82, 2.24) is 19.7 Å². The van der Waals surface area contributed by atoms with Gasteiger partial charge >= 0.3 is 0 Å². The van der Waals surface area contributed by atoms with E-state index in [1.807, 2.05) is 18.4 Å². The van der Waals surface area contributed by atoms with Gasteiger partial charge in [-0.1, -0.05) is 13.8 Å². The summed E-state index contributed by atoms with van der Waals surface area (Å²) in [5.41, 5.74) is 0. The number of nitrogens with zero attached hydrogens (tertiary/aromatic N) is 5. The molecule has 6 nitrogen and oxygen atoms in total. The SMILES string of the molecule is CC(C)C(C#N)C(=O)N1CCn2cnnc2C1. The molecule has 0 saturated carbocycles. The molecule has 1 amide bonds. The molecule has 90 valence electrons. The zero-order valence-corrected chi connectivity index (χ0v) is 10.00. The second kappa shape index (κ2) is 4.53. The highest BCUT2D eigenvalue weighted by Crippen LogP contribution is 2.17. The largest absolute Gasteiger partial charge is 0.332 e. The van der Waals surface area contributed by atoms with Crippen LogP contribution in [0.2, 0.25) is 0 Å². The van der Waals surface area contributed by atoms with Crippen LogP contribution in [0.15, 0.2) is 6.33 Å². The summed E-state index contributed by atoms with van der Waals surface area (Å²) in [7, 11) is 0. The van der Waals surface area contributed by atoms with Crippen molar-refractivity contribution in [3.05, 3.63) is 12.2 Å². The summed E-state index contributed by atoms with van der Waals surface area (Å²) in [6.07, 6.45) is 1.67. The summed E-state index contributed by atoms with van der Waals surface area (Å²) in [5.74, 6) is 0.151. The maximum atomic E-state index is 12.1. The third kappa shape index (κ3) is 2.13. The Morgan fingerprint density at radius 2 is 2.29 bits per heavy atom. The number of carbonyl (C=O) groups is 1. The maximum absolute atomic E-state index is 12.1. The van der Waals surface area contributed by atoms with Gasteiger partial charge in [-0.25, -0.2) is 0 Å². The monoisotopic (exact) mass is 233 g/mol. The predicted molar refractivity (Wildman–Crippen MR) is 59.4 cm³/mol. The fraction of sp³-hybridized carbons (Fsp3) is 0.636. The summed E-state index contributed by atoms with van der Waals surface area (Å²) < 4.78 is 1.93. The number of amides is 1. The fourth-order valence-corrected chi connectivity index (χ4v) is 1.94. The molecule has 1 aromatic heterocycles. The van der Waals surface area contributed by atoms with E-state index in [1.54, 1.807) is 11.2 Å². The number of nitriles is 1. The minimum atomic E-state index is -0.565. The number of hydrogen-bond acceptors (Lipinski definition) is 4. The molecule has 0 saturated heterocycles. The Morgan fingerprint density at radius 1 is 1.53 bits per heavy atom. The minimum absolute atomic E-state index is 0.0345. The Labute approximate surface area is 99.9 Å². The highest BCUT2D eigenvalue weighted by Gasteiger charge is 2.29. The van der Waals surface area contributed by atoms with E-state index in [-0.39, 0.29) is 11.8 Å². The van der Waals surface area contributed by atoms with Crippen LogP contribution in [0.25, 0.3) is 0 Å². The molecule has 0 aromatic carbocycles. The van der Waals surface area contributed by atoms with Gasteiger partial charge in [0.2, 0.25) is 5.91 Å². The summed E-state index contributed by atoms with van der Waals surface area (Å²) in [6, 6.07) is 2.08. The van der Waals surface area contributed by atoms with Crippen LogP contribution in [-0.4, -0.2) is 32.1 Å². The number of carbonyl (C=O) groups excluding carboxylic acids is 1. The van der Waals surface area contributed by atoms with Gasteiger partial charge in [-0.2, -0.15) is 5.26 Å². The summed E-state index contributed by atoms with van der Waals surface area (Å²) in [6.45, 7) is 5.54. The van der Waals surface area contributed by atoms with Crippen molar-refractivity contribution in [2.75, 3.05) is 6.54 Å². The van der Waals surface area contributed by atoms with E-state index in [9.17, 15) is 4.79 Å². The number of rotatable bonds is 2. The fourth-order valence-electron chi connectivity index (χ4n) is 1.94. The Bertz CT molecular complexity index is 459. The van der Waals surface area contributed by atoms with E-state index >= 15 is 0 Å². The lowest BCUT2D eigenvalue weighted by atomic mass is 9.96.